The van der Waals surface area contributed by atoms with Gasteiger partial charge in [0.1, 0.15) is 0 Å². The lowest BCUT2D eigenvalue weighted by molar-refractivity contribution is -0.146. The number of morpholine rings is 1. The van der Waals surface area contributed by atoms with Gasteiger partial charge in [0.15, 0.2) is 0 Å². The zero-order valence-corrected chi connectivity index (χ0v) is 8.56. The van der Waals surface area contributed by atoms with Gasteiger partial charge in [-0.1, -0.05) is 0 Å². The molecule has 1 heterocycles. The molecule has 0 amide bonds. The number of ether oxygens (including phenoxy) is 2. The van der Waals surface area contributed by atoms with Crippen LogP contribution in [0, 0.1) is 0 Å². The Hall–Kier alpha value is -0.320. The second-order valence-corrected chi connectivity index (χ2v) is 2.71. The summed E-state index contributed by atoms with van der Waals surface area (Å²) in [7, 11) is 0. The molecule has 0 saturated carbocycles. The normalized spacial score (nSPS) is 21.8. The minimum absolute atomic E-state index is 0. The summed E-state index contributed by atoms with van der Waals surface area (Å²) in [6.07, 6.45) is 0.360. The molecule has 1 aliphatic rings. The van der Waals surface area contributed by atoms with E-state index in [1.165, 1.54) is 0 Å². The zero-order chi connectivity index (χ0) is 8.81. The van der Waals surface area contributed by atoms with Crippen molar-refractivity contribution in [3.63, 3.8) is 0 Å². The van der Waals surface area contributed by atoms with Crippen LogP contribution in [0.5, 0.6) is 0 Å². The Morgan fingerprint density at radius 2 is 2.46 bits per heavy atom. The Labute approximate surface area is 84.4 Å². The first kappa shape index (κ1) is 12.7. The van der Waals surface area contributed by atoms with E-state index in [1.54, 1.807) is 6.92 Å². The van der Waals surface area contributed by atoms with Crippen LogP contribution >= 0.6 is 12.4 Å². The summed E-state index contributed by atoms with van der Waals surface area (Å²) in [6, 6.07) is 0. The fraction of sp³-hybridized carbons (Fsp3) is 0.875. The van der Waals surface area contributed by atoms with Crippen molar-refractivity contribution < 1.29 is 14.3 Å². The van der Waals surface area contributed by atoms with E-state index in [0.29, 0.717) is 19.6 Å². The quantitative estimate of drug-likeness (QED) is 0.682. The third kappa shape index (κ3) is 5.08. The average Bonchev–Trinajstić information content (AvgIpc) is 2.06. The lowest BCUT2D eigenvalue weighted by Gasteiger charge is -2.22. The van der Waals surface area contributed by atoms with Crippen molar-refractivity contribution in [2.75, 3.05) is 26.3 Å². The summed E-state index contributed by atoms with van der Waals surface area (Å²) in [6.45, 7) is 4.55. The summed E-state index contributed by atoms with van der Waals surface area (Å²) < 4.78 is 10.1. The van der Waals surface area contributed by atoms with Crippen LogP contribution in [0.15, 0.2) is 0 Å². The molecule has 0 aromatic rings. The molecule has 1 saturated heterocycles. The maximum Gasteiger partial charge on any atom is 0.308 e. The van der Waals surface area contributed by atoms with E-state index >= 15 is 0 Å². The molecule has 1 fully saturated rings. The molecule has 5 heteroatoms. The third-order valence-electron chi connectivity index (χ3n) is 1.70. The first-order valence-electron chi connectivity index (χ1n) is 4.31. The average molecular weight is 210 g/mol. The van der Waals surface area contributed by atoms with Crippen molar-refractivity contribution in [1.29, 1.82) is 0 Å². The summed E-state index contributed by atoms with van der Waals surface area (Å²) in [5, 5.41) is 3.15. The van der Waals surface area contributed by atoms with Crippen LogP contribution in [0.4, 0.5) is 0 Å². The SMILES string of the molecule is CCOC(=O)CC1CNCCO1.Cl. The van der Waals surface area contributed by atoms with Crippen LogP contribution in [0.25, 0.3) is 0 Å². The van der Waals surface area contributed by atoms with Gasteiger partial charge in [-0.05, 0) is 6.92 Å². The highest BCUT2D eigenvalue weighted by atomic mass is 35.5. The van der Waals surface area contributed by atoms with Gasteiger partial charge in [-0.15, -0.1) is 12.4 Å². The van der Waals surface area contributed by atoms with Gasteiger partial charge in [0.2, 0.25) is 0 Å². The smallest absolute Gasteiger partial charge is 0.308 e. The molecule has 0 aromatic carbocycles. The van der Waals surface area contributed by atoms with Crippen LogP contribution in [0.2, 0.25) is 0 Å². The topological polar surface area (TPSA) is 47.6 Å². The lowest BCUT2D eigenvalue weighted by atomic mass is 10.2. The number of hydrogen-bond donors (Lipinski definition) is 1. The first-order chi connectivity index (χ1) is 5.83. The van der Waals surface area contributed by atoms with E-state index in [2.05, 4.69) is 5.32 Å². The fourth-order valence-corrected chi connectivity index (χ4v) is 1.16. The monoisotopic (exact) mass is 209 g/mol. The fourth-order valence-electron chi connectivity index (χ4n) is 1.16. The molecule has 0 spiro atoms. The molecule has 0 aromatic heterocycles. The second-order valence-electron chi connectivity index (χ2n) is 2.71. The molecular formula is C8H16ClNO3. The summed E-state index contributed by atoms with van der Waals surface area (Å²) >= 11 is 0. The molecule has 1 N–H and O–H groups in total. The highest BCUT2D eigenvalue weighted by Gasteiger charge is 2.17. The maximum atomic E-state index is 11.0. The molecule has 1 aliphatic heterocycles. The number of nitrogens with one attached hydrogen (secondary N) is 1. The predicted octanol–water partition coefficient (Wildman–Crippen LogP) is 0.350. The molecule has 1 rings (SSSR count). The third-order valence-corrected chi connectivity index (χ3v) is 1.70. The maximum absolute atomic E-state index is 11.0. The number of carbonyl (C=O) groups excluding carboxylic acids is 1. The Morgan fingerprint density at radius 3 is 3.00 bits per heavy atom. The van der Waals surface area contributed by atoms with E-state index in [1.807, 2.05) is 0 Å². The Bertz CT molecular complexity index is 148. The highest BCUT2D eigenvalue weighted by Crippen LogP contribution is 2.02. The van der Waals surface area contributed by atoms with Crippen LogP contribution in [0.3, 0.4) is 0 Å². The lowest BCUT2D eigenvalue weighted by Crippen LogP contribution is -2.39. The molecule has 13 heavy (non-hydrogen) atoms. The first-order valence-corrected chi connectivity index (χ1v) is 4.31. The van der Waals surface area contributed by atoms with E-state index in [-0.39, 0.29) is 24.5 Å². The van der Waals surface area contributed by atoms with Gasteiger partial charge in [0.25, 0.3) is 0 Å². The van der Waals surface area contributed by atoms with Gasteiger partial charge in [-0.2, -0.15) is 0 Å². The van der Waals surface area contributed by atoms with Crippen molar-refractivity contribution >= 4 is 18.4 Å². The van der Waals surface area contributed by atoms with Crippen molar-refractivity contribution in [3.05, 3.63) is 0 Å². The number of rotatable bonds is 3. The minimum Gasteiger partial charge on any atom is -0.466 e. The van der Waals surface area contributed by atoms with Gasteiger partial charge < -0.3 is 14.8 Å². The second kappa shape index (κ2) is 7.12. The number of carbonyl (C=O) groups is 1. The number of hydrogen-bond acceptors (Lipinski definition) is 4. The van der Waals surface area contributed by atoms with Gasteiger partial charge in [0.05, 0.1) is 25.7 Å². The molecule has 1 atom stereocenters. The van der Waals surface area contributed by atoms with Crippen molar-refractivity contribution in [3.8, 4) is 0 Å². The molecule has 0 bridgehead atoms. The van der Waals surface area contributed by atoms with Crippen LogP contribution in [-0.2, 0) is 14.3 Å². The van der Waals surface area contributed by atoms with Gasteiger partial charge >= 0.3 is 5.97 Å². The zero-order valence-electron chi connectivity index (χ0n) is 7.75. The van der Waals surface area contributed by atoms with Crippen molar-refractivity contribution in [2.45, 2.75) is 19.4 Å². The predicted molar refractivity (Wildman–Crippen MR) is 51.1 cm³/mol. The largest absolute Gasteiger partial charge is 0.466 e. The van der Waals surface area contributed by atoms with E-state index in [0.717, 1.165) is 13.1 Å². The van der Waals surface area contributed by atoms with Crippen LogP contribution in [-0.4, -0.2) is 38.4 Å². The van der Waals surface area contributed by atoms with Crippen LogP contribution < -0.4 is 5.32 Å². The summed E-state index contributed by atoms with van der Waals surface area (Å²) in [4.78, 5) is 11.0. The van der Waals surface area contributed by atoms with Gasteiger partial charge in [-0.25, -0.2) is 0 Å². The molecule has 4 nitrogen and oxygen atoms in total. The van der Waals surface area contributed by atoms with E-state index in [9.17, 15) is 4.79 Å². The minimum atomic E-state index is -0.175. The van der Waals surface area contributed by atoms with Crippen molar-refractivity contribution in [1.82, 2.24) is 5.32 Å². The molecule has 1 unspecified atom stereocenters. The Balaban J connectivity index is 0.00000144. The highest BCUT2D eigenvalue weighted by molar-refractivity contribution is 5.85. The Morgan fingerprint density at radius 1 is 1.69 bits per heavy atom. The molecule has 78 valence electrons. The summed E-state index contributed by atoms with van der Waals surface area (Å²) in [5.41, 5.74) is 0. The van der Waals surface area contributed by atoms with Crippen molar-refractivity contribution in [2.24, 2.45) is 0 Å². The molecule has 0 radical (unpaired) electrons. The van der Waals surface area contributed by atoms with Gasteiger partial charge in [0, 0.05) is 13.1 Å². The standard InChI is InChI=1S/C8H15NO3.ClH/c1-2-11-8(10)5-7-6-9-3-4-12-7;/h7,9H,2-6H2,1H3;1H. The van der Waals surface area contributed by atoms with Crippen LogP contribution in [0.1, 0.15) is 13.3 Å². The molecule has 0 aliphatic carbocycles. The van der Waals surface area contributed by atoms with E-state index in [4.69, 9.17) is 9.47 Å². The van der Waals surface area contributed by atoms with Gasteiger partial charge in [-0.3, -0.25) is 4.79 Å². The molecular weight excluding hydrogens is 194 g/mol. The van der Waals surface area contributed by atoms with E-state index < -0.39 is 0 Å². The number of esters is 1. The number of halogens is 1. The summed E-state index contributed by atoms with van der Waals surface area (Å²) in [5.74, 6) is -0.175. The Kier molecular flexibility index (Phi) is 6.94.